The predicted molar refractivity (Wildman–Crippen MR) is 70.3 cm³/mol. The van der Waals surface area contributed by atoms with Gasteiger partial charge in [0.05, 0.1) is 10.4 Å². The predicted octanol–water partition coefficient (Wildman–Crippen LogP) is 2.88. The minimum atomic E-state index is -0.412. The molecule has 0 amide bonds. The van der Waals surface area contributed by atoms with Gasteiger partial charge in [0.2, 0.25) is 0 Å². The van der Waals surface area contributed by atoms with Crippen LogP contribution in [0.15, 0.2) is 42.5 Å². The number of nitrogen functional groups attached to an aromatic ring is 1. The van der Waals surface area contributed by atoms with E-state index in [-0.39, 0.29) is 5.69 Å². The summed E-state index contributed by atoms with van der Waals surface area (Å²) in [5.74, 6) is 0.437. The molecule has 0 radical (unpaired) electrons. The van der Waals surface area contributed by atoms with Gasteiger partial charge in [0.25, 0.3) is 5.69 Å². The van der Waals surface area contributed by atoms with Crippen molar-refractivity contribution in [3.05, 3.63) is 52.6 Å². The molecule has 2 N–H and O–H groups in total. The lowest BCUT2D eigenvalue weighted by Gasteiger charge is -2.05. The highest BCUT2D eigenvalue weighted by Gasteiger charge is 2.10. The lowest BCUT2D eigenvalue weighted by molar-refractivity contribution is -0.384. The van der Waals surface area contributed by atoms with E-state index >= 15 is 0 Å². The Kier molecular flexibility index (Phi) is 2.13. The summed E-state index contributed by atoms with van der Waals surface area (Å²) in [5, 5.41) is 13.2. The normalized spacial score (nSPS) is 10.9. The van der Waals surface area contributed by atoms with Crippen molar-refractivity contribution >= 4 is 33.2 Å². The fourth-order valence-electron chi connectivity index (χ4n) is 2.08. The number of rotatable bonds is 1. The lowest BCUT2D eigenvalue weighted by atomic mass is 10.1. The fourth-order valence-corrected chi connectivity index (χ4v) is 2.08. The van der Waals surface area contributed by atoms with Gasteiger partial charge in [-0.05, 0) is 11.5 Å². The molecule has 2 aromatic carbocycles. The average molecular weight is 239 g/mol. The molecule has 1 aromatic heterocycles. The SMILES string of the molecule is Nc1nc2ccc([N+](=O)[O-])cc2c2ccccc12. The molecule has 0 unspecified atom stereocenters. The number of non-ortho nitro benzene ring substituents is 1. The Hall–Kier alpha value is -2.69. The topological polar surface area (TPSA) is 82.0 Å². The van der Waals surface area contributed by atoms with E-state index in [1.807, 2.05) is 24.3 Å². The van der Waals surface area contributed by atoms with Gasteiger partial charge in [0, 0.05) is 22.9 Å². The van der Waals surface area contributed by atoms with Crippen LogP contribution in [0.2, 0.25) is 0 Å². The van der Waals surface area contributed by atoms with Crippen molar-refractivity contribution in [3.8, 4) is 0 Å². The second-order valence-corrected chi connectivity index (χ2v) is 4.00. The summed E-state index contributed by atoms with van der Waals surface area (Å²) in [5.41, 5.74) is 6.59. The third kappa shape index (κ3) is 1.45. The largest absolute Gasteiger partial charge is 0.383 e. The molecule has 1 heterocycles. The molecular formula is C13H9N3O2. The second-order valence-electron chi connectivity index (χ2n) is 4.00. The molecule has 18 heavy (non-hydrogen) atoms. The summed E-state index contributed by atoms with van der Waals surface area (Å²) in [6, 6.07) is 12.1. The maximum Gasteiger partial charge on any atom is 0.270 e. The second kappa shape index (κ2) is 3.66. The van der Waals surface area contributed by atoms with Gasteiger partial charge in [-0.3, -0.25) is 10.1 Å². The van der Waals surface area contributed by atoms with E-state index in [0.29, 0.717) is 11.3 Å². The Labute approximate surface area is 102 Å². The van der Waals surface area contributed by atoms with Gasteiger partial charge in [-0.2, -0.15) is 0 Å². The highest BCUT2D eigenvalue weighted by atomic mass is 16.6. The fraction of sp³-hybridized carbons (Fsp3) is 0. The molecule has 3 aromatic rings. The molecule has 0 aliphatic carbocycles. The number of hydrogen-bond acceptors (Lipinski definition) is 4. The maximum atomic E-state index is 10.8. The van der Waals surface area contributed by atoms with Crippen molar-refractivity contribution in [2.75, 3.05) is 5.73 Å². The molecule has 0 aliphatic heterocycles. The number of hydrogen-bond donors (Lipinski definition) is 1. The van der Waals surface area contributed by atoms with Gasteiger partial charge in [0.15, 0.2) is 0 Å². The number of nitrogens with zero attached hydrogens (tertiary/aromatic N) is 2. The van der Waals surface area contributed by atoms with E-state index in [2.05, 4.69) is 4.98 Å². The van der Waals surface area contributed by atoms with Crippen molar-refractivity contribution in [2.24, 2.45) is 0 Å². The van der Waals surface area contributed by atoms with Crippen molar-refractivity contribution < 1.29 is 4.92 Å². The molecule has 0 bridgehead atoms. The van der Waals surface area contributed by atoms with Crippen LogP contribution in [0.5, 0.6) is 0 Å². The zero-order valence-corrected chi connectivity index (χ0v) is 9.33. The monoisotopic (exact) mass is 239 g/mol. The van der Waals surface area contributed by atoms with Crippen LogP contribution < -0.4 is 5.73 Å². The van der Waals surface area contributed by atoms with Crippen LogP contribution in [0.3, 0.4) is 0 Å². The van der Waals surface area contributed by atoms with Crippen molar-refractivity contribution in [1.82, 2.24) is 4.98 Å². The quantitative estimate of drug-likeness (QED) is 0.402. The third-order valence-electron chi connectivity index (χ3n) is 2.93. The molecule has 0 saturated heterocycles. The first-order chi connectivity index (χ1) is 8.66. The standard InChI is InChI=1S/C13H9N3O2/c14-13-10-4-2-1-3-9(10)11-7-8(16(17)18)5-6-12(11)15-13/h1-7H,(H2,14,15). The molecule has 3 rings (SSSR count). The van der Waals surface area contributed by atoms with Crippen molar-refractivity contribution in [3.63, 3.8) is 0 Å². The summed E-state index contributed by atoms with van der Waals surface area (Å²) in [7, 11) is 0. The van der Waals surface area contributed by atoms with E-state index in [0.717, 1.165) is 16.2 Å². The van der Waals surface area contributed by atoms with Crippen LogP contribution in [0, 0.1) is 10.1 Å². The Bertz CT molecular complexity index is 784. The first-order valence-corrected chi connectivity index (χ1v) is 5.39. The number of nitro groups is 1. The van der Waals surface area contributed by atoms with Crippen LogP contribution in [0.1, 0.15) is 0 Å². The molecule has 0 saturated carbocycles. The molecule has 5 heteroatoms. The summed E-state index contributed by atoms with van der Waals surface area (Å²) in [6.07, 6.45) is 0. The molecule has 0 fully saturated rings. The van der Waals surface area contributed by atoms with Crippen molar-refractivity contribution in [2.45, 2.75) is 0 Å². The Morgan fingerprint density at radius 2 is 1.78 bits per heavy atom. The zero-order chi connectivity index (χ0) is 12.7. The van der Waals surface area contributed by atoms with Gasteiger partial charge < -0.3 is 5.73 Å². The van der Waals surface area contributed by atoms with Gasteiger partial charge in [-0.1, -0.05) is 24.3 Å². The van der Waals surface area contributed by atoms with Gasteiger partial charge in [-0.25, -0.2) is 4.98 Å². The van der Waals surface area contributed by atoms with Crippen LogP contribution in [0.25, 0.3) is 21.7 Å². The van der Waals surface area contributed by atoms with Crippen LogP contribution >= 0.6 is 0 Å². The number of aromatic nitrogens is 1. The Morgan fingerprint density at radius 3 is 2.50 bits per heavy atom. The molecule has 0 aliphatic rings. The number of anilines is 1. The number of nitrogens with two attached hydrogens (primary N) is 1. The lowest BCUT2D eigenvalue weighted by Crippen LogP contribution is -1.94. The Balaban J connectivity index is 2.50. The van der Waals surface area contributed by atoms with E-state index in [1.165, 1.54) is 12.1 Å². The first kappa shape index (κ1) is 10.5. The average Bonchev–Trinajstić information content (AvgIpc) is 2.38. The highest BCUT2D eigenvalue weighted by molar-refractivity contribution is 6.10. The van der Waals surface area contributed by atoms with Crippen LogP contribution in [0.4, 0.5) is 11.5 Å². The highest BCUT2D eigenvalue weighted by Crippen LogP contribution is 2.29. The minimum absolute atomic E-state index is 0.0548. The maximum absolute atomic E-state index is 10.8. The number of benzene rings is 2. The molecular weight excluding hydrogens is 230 g/mol. The summed E-state index contributed by atoms with van der Waals surface area (Å²) in [4.78, 5) is 14.7. The molecule has 5 nitrogen and oxygen atoms in total. The number of nitro benzene ring substituents is 1. The summed E-state index contributed by atoms with van der Waals surface area (Å²) >= 11 is 0. The summed E-state index contributed by atoms with van der Waals surface area (Å²) < 4.78 is 0. The van der Waals surface area contributed by atoms with Crippen LogP contribution in [-0.2, 0) is 0 Å². The smallest absolute Gasteiger partial charge is 0.270 e. The molecule has 88 valence electrons. The van der Waals surface area contributed by atoms with Gasteiger partial charge >= 0.3 is 0 Å². The van der Waals surface area contributed by atoms with E-state index < -0.39 is 4.92 Å². The molecule has 0 spiro atoms. The zero-order valence-electron chi connectivity index (χ0n) is 9.33. The summed E-state index contributed by atoms with van der Waals surface area (Å²) in [6.45, 7) is 0. The van der Waals surface area contributed by atoms with Crippen molar-refractivity contribution in [1.29, 1.82) is 0 Å². The number of pyridine rings is 1. The minimum Gasteiger partial charge on any atom is -0.383 e. The third-order valence-corrected chi connectivity index (χ3v) is 2.93. The van der Waals surface area contributed by atoms with Crippen LogP contribution in [-0.4, -0.2) is 9.91 Å². The van der Waals surface area contributed by atoms with Gasteiger partial charge in [-0.15, -0.1) is 0 Å². The van der Waals surface area contributed by atoms with Gasteiger partial charge in [0.1, 0.15) is 5.82 Å². The van der Waals surface area contributed by atoms with E-state index in [4.69, 9.17) is 5.73 Å². The Morgan fingerprint density at radius 1 is 1.06 bits per heavy atom. The first-order valence-electron chi connectivity index (χ1n) is 5.39. The van der Waals surface area contributed by atoms with E-state index in [1.54, 1.807) is 6.07 Å². The molecule has 0 atom stereocenters. The van der Waals surface area contributed by atoms with E-state index in [9.17, 15) is 10.1 Å². The number of fused-ring (bicyclic) bond motifs is 3.